The van der Waals surface area contributed by atoms with Gasteiger partial charge in [0.05, 0.1) is 0 Å². The number of benzene rings is 3. The summed E-state index contributed by atoms with van der Waals surface area (Å²) in [6, 6.07) is 27.1. The molecule has 1 N–H and O–H groups in total. The topological polar surface area (TPSA) is 73.3 Å². The first kappa shape index (κ1) is 20.6. The van der Waals surface area contributed by atoms with Crippen molar-refractivity contribution < 1.29 is 14.3 Å². The van der Waals surface area contributed by atoms with Crippen LogP contribution in [-0.2, 0) is 17.8 Å². The molecule has 1 aromatic heterocycles. The molecule has 0 aliphatic rings. The Balaban J connectivity index is 1.21. The number of nitrogens with one attached hydrogen (secondary N) is 1. The molecule has 0 aliphatic heterocycles. The first-order chi connectivity index (χ1) is 15.2. The summed E-state index contributed by atoms with van der Waals surface area (Å²) in [4.78, 5) is 12.2. The summed E-state index contributed by atoms with van der Waals surface area (Å²) in [5.74, 6) is 1.04. The summed E-state index contributed by atoms with van der Waals surface area (Å²) >= 11 is 1.36. The van der Waals surface area contributed by atoms with Crippen molar-refractivity contribution in [2.45, 2.75) is 13.0 Å². The van der Waals surface area contributed by atoms with Crippen LogP contribution in [0.5, 0.6) is 11.5 Å². The van der Waals surface area contributed by atoms with E-state index >= 15 is 0 Å². The zero-order chi connectivity index (χ0) is 21.3. The number of hydrogen-bond donors (Lipinski definition) is 1. The van der Waals surface area contributed by atoms with Crippen molar-refractivity contribution in [3.8, 4) is 11.5 Å². The lowest BCUT2D eigenvalue weighted by Crippen LogP contribution is -2.20. The number of rotatable bonds is 9. The highest BCUT2D eigenvalue weighted by Crippen LogP contribution is 2.20. The number of carbonyl (C=O) groups is 1. The number of anilines is 1. The summed E-state index contributed by atoms with van der Waals surface area (Å²) in [6.45, 7) is 0.384. The van der Waals surface area contributed by atoms with Gasteiger partial charge in [-0.3, -0.25) is 10.1 Å². The molecule has 0 spiro atoms. The second kappa shape index (κ2) is 10.4. The summed E-state index contributed by atoms with van der Waals surface area (Å²) in [5, 5.41) is 12.2. The number of nitrogens with zero attached hydrogens (tertiary/aromatic N) is 2. The molecule has 1 amide bonds. The highest BCUT2D eigenvalue weighted by Gasteiger charge is 2.10. The maximum absolute atomic E-state index is 12.2. The first-order valence-corrected chi connectivity index (χ1v) is 10.6. The number of carbonyl (C=O) groups excluding carboxylic acids is 1. The molecule has 0 saturated carbocycles. The van der Waals surface area contributed by atoms with E-state index in [0.717, 1.165) is 21.9 Å². The minimum atomic E-state index is -0.285. The van der Waals surface area contributed by atoms with Crippen molar-refractivity contribution in [2.24, 2.45) is 0 Å². The van der Waals surface area contributed by atoms with Gasteiger partial charge >= 0.3 is 0 Å². The minimum absolute atomic E-state index is 0.113. The lowest BCUT2D eigenvalue weighted by Gasteiger charge is -2.08. The molecular weight excluding hydrogens is 410 g/mol. The molecule has 1 heterocycles. The SMILES string of the molecule is O=C(COc1ccc(OCc2ccccc2)cc1)Nc1nnc(Cc2ccccc2)s1. The van der Waals surface area contributed by atoms with E-state index in [9.17, 15) is 4.79 Å². The molecule has 0 radical (unpaired) electrons. The van der Waals surface area contributed by atoms with Crippen LogP contribution < -0.4 is 14.8 Å². The zero-order valence-corrected chi connectivity index (χ0v) is 17.5. The number of amides is 1. The Morgan fingerprint density at radius 3 is 2.06 bits per heavy atom. The fraction of sp³-hybridized carbons (Fsp3) is 0.125. The van der Waals surface area contributed by atoms with E-state index in [1.807, 2.05) is 72.8 Å². The summed E-state index contributed by atoms with van der Waals surface area (Å²) in [6.07, 6.45) is 0.684. The number of hydrogen-bond acceptors (Lipinski definition) is 6. The smallest absolute Gasteiger partial charge is 0.264 e. The van der Waals surface area contributed by atoms with Gasteiger partial charge in [-0.15, -0.1) is 10.2 Å². The van der Waals surface area contributed by atoms with Gasteiger partial charge in [0.25, 0.3) is 5.91 Å². The Hall–Kier alpha value is -3.71. The van der Waals surface area contributed by atoms with E-state index in [2.05, 4.69) is 15.5 Å². The lowest BCUT2D eigenvalue weighted by atomic mass is 10.2. The van der Waals surface area contributed by atoms with Crippen LogP contribution in [0.3, 0.4) is 0 Å². The monoisotopic (exact) mass is 431 g/mol. The van der Waals surface area contributed by atoms with Gasteiger partial charge in [-0.1, -0.05) is 72.0 Å². The second-order valence-electron chi connectivity index (χ2n) is 6.75. The molecule has 0 fully saturated rings. The Bertz CT molecular complexity index is 1100. The molecule has 31 heavy (non-hydrogen) atoms. The van der Waals surface area contributed by atoms with Gasteiger partial charge in [-0.05, 0) is 35.4 Å². The van der Waals surface area contributed by atoms with E-state index < -0.39 is 0 Å². The molecule has 6 nitrogen and oxygen atoms in total. The molecule has 0 unspecified atom stereocenters. The maximum Gasteiger partial charge on any atom is 0.264 e. The average Bonchev–Trinajstić information content (AvgIpc) is 3.25. The van der Waals surface area contributed by atoms with E-state index in [1.54, 1.807) is 12.1 Å². The van der Waals surface area contributed by atoms with Crippen molar-refractivity contribution in [3.05, 3.63) is 101 Å². The molecular formula is C24H21N3O3S. The van der Waals surface area contributed by atoms with Crippen LogP contribution in [-0.4, -0.2) is 22.7 Å². The van der Waals surface area contributed by atoms with Gasteiger partial charge in [0.15, 0.2) is 6.61 Å². The van der Waals surface area contributed by atoms with Gasteiger partial charge in [0.2, 0.25) is 5.13 Å². The maximum atomic E-state index is 12.2. The van der Waals surface area contributed by atoms with Crippen molar-refractivity contribution in [2.75, 3.05) is 11.9 Å². The first-order valence-electron chi connectivity index (χ1n) is 9.80. The van der Waals surface area contributed by atoms with Crippen molar-refractivity contribution >= 4 is 22.4 Å². The molecule has 156 valence electrons. The Labute approximate surface area is 184 Å². The van der Waals surface area contributed by atoms with Crippen LogP contribution in [0, 0.1) is 0 Å². The quantitative estimate of drug-likeness (QED) is 0.415. The van der Waals surface area contributed by atoms with Crippen LogP contribution in [0.1, 0.15) is 16.1 Å². The third-order valence-corrected chi connectivity index (χ3v) is 5.19. The molecule has 0 saturated heterocycles. The van der Waals surface area contributed by atoms with E-state index in [4.69, 9.17) is 9.47 Å². The average molecular weight is 432 g/mol. The predicted molar refractivity (Wildman–Crippen MR) is 120 cm³/mol. The number of aromatic nitrogens is 2. The number of ether oxygens (including phenoxy) is 2. The molecule has 4 rings (SSSR count). The lowest BCUT2D eigenvalue weighted by molar-refractivity contribution is -0.118. The van der Waals surface area contributed by atoms with Crippen LogP contribution in [0.15, 0.2) is 84.9 Å². The van der Waals surface area contributed by atoms with Crippen molar-refractivity contribution in [1.29, 1.82) is 0 Å². The van der Waals surface area contributed by atoms with E-state index in [-0.39, 0.29) is 12.5 Å². The Morgan fingerprint density at radius 2 is 1.39 bits per heavy atom. The van der Waals surface area contributed by atoms with Gasteiger partial charge in [-0.2, -0.15) is 0 Å². The zero-order valence-electron chi connectivity index (χ0n) is 16.7. The van der Waals surface area contributed by atoms with Crippen LogP contribution in [0.4, 0.5) is 5.13 Å². The van der Waals surface area contributed by atoms with Crippen LogP contribution >= 0.6 is 11.3 Å². The standard InChI is InChI=1S/C24H21N3O3S/c28-22(25-24-27-26-23(31-24)15-18-7-3-1-4-8-18)17-30-21-13-11-20(12-14-21)29-16-19-9-5-2-6-10-19/h1-14H,15-17H2,(H,25,27,28). The van der Waals surface area contributed by atoms with Crippen LogP contribution in [0.25, 0.3) is 0 Å². The normalized spacial score (nSPS) is 10.5. The molecule has 0 atom stereocenters. The summed E-state index contributed by atoms with van der Waals surface area (Å²) in [7, 11) is 0. The van der Waals surface area contributed by atoms with Gasteiger partial charge in [0, 0.05) is 6.42 Å². The summed E-state index contributed by atoms with van der Waals surface area (Å²) in [5.41, 5.74) is 2.25. The highest BCUT2D eigenvalue weighted by atomic mass is 32.1. The Morgan fingerprint density at radius 1 is 0.774 bits per heavy atom. The largest absolute Gasteiger partial charge is 0.489 e. The highest BCUT2D eigenvalue weighted by molar-refractivity contribution is 7.15. The molecule has 4 aromatic rings. The van der Waals surface area contributed by atoms with Crippen molar-refractivity contribution in [1.82, 2.24) is 10.2 Å². The van der Waals surface area contributed by atoms with E-state index in [1.165, 1.54) is 11.3 Å². The van der Waals surface area contributed by atoms with Gasteiger partial charge in [-0.25, -0.2) is 0 Å². The summed E-state index contributed by atoms with van der Waals surface area (Å²) < 4.78 is 11.3. The molecule has 3 aromatic carbocycles. The van der Waals surface area contributed by atoms with Gasteiger partial charge in [0.1, 0.15) is 23.1 Å². The minimum Gasteiger partial charge on any atom is -0.489 e. The Kier molecular flexibility index (Phi) is 6.87. The fourth-order valence-corrected chi connectivity index (χ4v) is 3.61. The van der Waals surface area contributed by atoms with E-state index in [0.29, 0.717) is 23.9 Å². The second-order valence-corrected chi connectivity index (χ2v) is 7.81. The molecule has 0 bridgehead atoms. The molecule has 7 heteroatoms. The molecule has 0 aliphatic carbocycles. The van der Waals surface area contributed by atoms with Crippen molar-refractivity contribution in [3.63, 3.8) is 0 Å². The third kappa shape index (κ3) is 6.38. The fourth-order valence-electron chi connectivity index (χ4n) is 2.82. The third-order valence-electron chi connectivity index (χ3n) is 4.35. The predicted octanol–water partition coefficient (Wildman–Crippen LogP) is 4.73. The van der Waals surface area contributed by atoms with Crippen LogP contribution in [0.2, 0.25) is 0 Å². The van der Waals surface area contributed by atoms with Gasteiger partial charge < -0.3 is 9.47 Å².